The molecule has 4 rings (SSSR count). The zero-order valence-corrected chi connectivity index (χ0v) is 18.1. The minimum Gasteiger partial charge on any atom is -0.317 e. The summed E-state index contributed by atoms with van der Waals surface area (Å²) in [5, 5.41) is 3.54. The number of nitrogens with one attached hydrogen (secondary N) is 1. The molecule has 2 saturated heterocycles. The van der Waals surface area contributed by atoms with E-state index in [1.807, 2.05) is 12.4 Å². The van der Waals surface area contributed by atoms with E-state index in [0.717, 1.165) is 12.6 Å². The smallest absolute Gasteiger partial charge is 0.0271 e. The average molecular weight is 415 g/mol. The fraction of sp³-hybridized carbons (Fsp3) is 0.762. The first-order chi connectivity index (χ1) is 12.3. The van der Waals surface area contributed by atoms with Crippen LogP contribution in [0.1, 0.15) is 50.5 Å². The van der Waals surface area contributed by atoms with Crippen molar-refractivity contribution in [3.8, 4) is 0 Å². The topological polar surface area (TPSA) is 31.4 Å². The monoisotopic (exact) mass is 414 g/mol. The van der Waals surface area contributed by atoms with Gasteiger partial charge in [0.1, 0.15) is 0 Å². The van der Waals surface area contributed by atoms with Crippen molar-refractivity contribution >= 4 is 24.8 Å². The highest BCUT2D eigenvalue weighted by Crippen LogP contribution is 2.44. The maximum absolute atomic E-state index is 4.14. The van der Waals surface area contributed by atoms with Gasteiger partial charge in [0.05, 0.1) is 0 Å². The van der Waals surface area contributed by atoms with Gasteiger partial charge in [-0.05, 0) is 94.2 Å². The lowest BCUT2D eigenvalue weighted by Gasteiger charge is -2.45. The number of piperidine rings is 1. The number of rotatable bonds is 3. The van der Waals surface area contributed by atoms with Crippen LogP contribution in [0.2, 0.25) is 0 Å². The zero-order chi connectivity index (χ0) is 17.0. The second-order valence-corrected chi connectivity index (χ2v) is 8.50. The molecule has 4 nitrogen and oxygen atoms in total. The molecule has 2 aliphatic heterocycles. The molecule has 0 amide bonds. The molecular weight excluding hydrogens is 379 g/mol. The van der Waals surface area contributed by atoms with Crippen LogP contribution in [0.5, 0.6) is 0 Å². The molecule has 0 atom stereocenters. The van der Waals surface area contributed by atoms with Crippen molar-refractivity contribution < 1.29 is 0 Å². The second kappa shape index (κ2) is 11.0. The molecule has 1 aromatic rings. The lowest BCUT2D eigenvalue weighted by molar-refractivity contribution is 0.0668. The highest BCUT2D eigenvalue weighted by Gasteiger charge is 2.37. The van der Waals surface area contributed by atoms with E-state index in [4.69, 9.17) is 0 Å². The minimum atomic E-state index is 0. The first-order valence-electron chi connectivity index (χ1n) is 10.4. The normalized spacial score (nSPS) is 24.6. The molecule has 6 heteroatoms. The molecule has 27 heavy (non-hydrogen) atoms. The molecule has 1 saturated carbocycles. The van der Waals surface area contributed by atoms with Gasteiger partial charge in [-0.1, -0.05) is 0 Å². The molecule has 154 valence electrons. The lowest BCUT2D eigenvalue weighted by Crippen LogP contribution is -2.45. The van der Waals surface area contributed by atoms with E-state index in [9.17, 15) is 0 Å². The molecule has 3 fully saturated rings. The van der Waals surface area contributed by atoms with Gasteiger partial charge in [-0.15, -0.1) is 24.8 Å². The van der Waals surface area contributed by atoms with Gasteiger partial charge in [-0.2, -0.15) is 0 Å². The van der Waals surface area contributed by atoms with E-state index in [0.29, 0.717) is 5.41 Å². The van der Waals surface area contributed by atoms with E-state index >= 15 is 0 Å². The summed E-state index contributed by atoms with van der Waals surface area (Å²) in [5.74, 6) is 0. The van der Waals surface area contributed by atoms with Crippen LogP contribution in [0, 0.1) is 5.41 Å². The van der Waals surface area contributed by atoms with Crippen LogP contribution < -0.4 is 5.32 Å². The Bertz CT molecular complexity index is 526. The van der Waals surface area contributed by atoms with Crippen molar-refractivity contribution in [2.24, 2.45) is 5.41 Å². The van der Waals surface area contributed by atoms with Gasteiger partial charge >= 0.3 is 0 Å². The number of hydrogen-bond donors (Lipinski definition) is 1. The predicted molar refractivity (Wildman–Crippen MR) is 117 cm³/mol. The van der Waals surface area contributed by atoms with E-state index in [2.05, 4.69) is 32.2 Å². The Morgan fingerprint density at radius 3 is 2.33 bits per heavy atom. The number of pyridine rings is 1. The summed E-state index contributed by atoms with van der Waals surface area (Å²) in [6.07, 6.45) is 13.8. The van der Waals surface area contributed by atoms with Crippen LogP contribution in [-0.4, -0.2) is 60.1 Å². The summed E-state index contributed by atoms with van der Waals surface area (Å²) in [6.45, 7) is 8.58. The van der Waals surface area contributed by atoms with Gasteiger partial charge in [0.15, 0.2) is 0 Å². The maximum atomic E-state index is 4.14. The van der Waals surface area contributed by atoms with E-state index in [1.54, 1.807) is 0 Å². The standard InChI is InChI=1S/C21H34N4.2ClH/c1-14-24(18-19-4-10-22-11-5-19)16-17-25(15-1)20-2-6-21(7-3-20)8-12-23-13-9-21;;/h4-5,10-11,20,23H,1-3,6-9,12-18H2;2*1H. The minimum absolute atomic E-state index is 0. The summed E-state index contributed by atoms with van der Waals surface area (Å²) in [7, 11) is 0. The SMILES string of the molecule is Cl.Cl.c1cc(CN2CCCN(C3CCC4(CCNCC4)CC3)CC2)ccn1. The van der Waals surface area contributed by atoms with Crippen molar-refractivity contribution in [2.75, 3.05) is 39.3 Å². The van der Waals surface area contributed by atoms with Gasteiger partial charge in [0.2, 0.25) is 0 Å². The fourth-order valence-corrected chi connectivity index (χ4v) is 5.30. The molecule has 1 aromatic heterocycles. The van der Waals surface area contributed by atoms with Crippen molar-refractivity contribution in [2.45, 2.75) is 57.5 Å². The summed E-state index contributed by atoms with van der Waals surface area (Å²) in [6, 6.07) is 5.16. The van der Waals surface area contributed by atoms with Crippen LogP contribution in [0.3, 0.4) is 0 Å². The molecular formula is C21H36Cl2N4. The van der Waals surface area contributed by atoms with Gasteiger partial charge < -0.3 is 5.32 Å². The Labute approximate surface area is 177 Å². The van der Waals surface area contributed by atoms with Gasteiger partial charge in [-0.25, -0.2) is 0 Å². The predicted octanol–water partition coefficient (Wildman–Crippen LogP) is 3.75. The Balaban J connectivity index is 0.00000131. The third-order valence-corrected chi connectivity index (χ3v) is 6.98. The van der Waals surface area contributed by atoms with Crippen LogP contribution in [0.15, 0.2) is 24.5 Å². The van der Waals surface area contributed by atoms with Gasteiger partial charge in [-0.3, -0.25) is 14.8 Å². The lowest BCUT2D eigenvalue weighted by atomic mass is 9.67. The molecule has 1 spiro atoms. The highest BCUT2D eigenvalue weighted by atomic mass is 35.5. The summed E-state index contributed by atoms with van der Waals surface area (Å²) >= 11 is 0. The first kappa shape index (κ1) is 22.9. The number of halogens is 2. The molecule has 1 aliphatic carbocycles. The Morgan fingerprint density at radius 1 is 0.926 bits per heavy atom. The largest absolute Gasteiger partial charge is 0.317 e. The second-order valence-electron chi connectivity index (χ2n) is 8.50. The summed E-state index contributed by atoms with van der Waals surface area (Å²) in [5.41, 5.74) is 2.09. The van der Waals surface area contributed by atoms with Crippen LogP contribution in [0.4, 0.5) is 0 Å². The van der Waals surface area contributed by atoms with Crippen molar-refractivity contribution in [1.82, 2.24) is 20.1 Å². The number of nitrogens with zero attached hydrogens (tertiary/aromatic N) is 3. The average Bonchev–Trinajstić information content (AvgIpc) is 2.90. The summed E-state index contributed by atoms with van der Waals surface area (Å²) in [4.78, 5) is 9.59. The molecule has 3 aliphatic rings. The molecule has 0 unspecified atom stereocenters. The first-order valence-corrected chi connectivity index (χ1v) is 10.4. The summed E-state index contributed by atoms with van der Waals surface area (Å²) < 4.78 is 0. The maximum Gasteiger partial charge on any atom is 0.0271 e. The number of hydrogen-bond acceptors (Lipinski definition) is 4. The van der Waals surface area contributed by atoms with Crippen molar-refractivity contribution in [3.63, 3.8) is 0 Å². The fourth-order valence-electron chi connectivity index (χ4n) is 5.30. The number of aromatic nitrogens is 1. The Kier molecular flexibility index (Phi) is 9.30. The van der Waals surface area contributed by atoms with Crippen LogP contribution in [-0.2, 0) is 6.54 Å². The quantitative estimate of drug-likeness (QED) is 0.815. The molecule has 0 aromatic carbocycles. The third kappa shape index (κ3) is 6.04. The molecule has 3 heterocycles. The van der Waals surface area contributed by atoms with E-state index in [-0.39, 0.29) is 24.8 Å². The third-order valence-electron chi connectivity index (χ3n) is 6.98. The molecule has 1 N–H and O–H groups in total. The van der Waals surface area contributed by atoms with E-state index < -0.39 is 0 Å². The Hall–Kier alpha value is -0.390. The molecule has 0 radical (unpaired) electrons. The van der Waals surface area contributed by atoms with Crippen LogP contribution >= 0.6 is 24.8 Å². The van der Waals surface area contributed by atoms with Gasteiger partial charge in [0.25, 0.3) is 0 Å². The van der Waals surface area contributed by atoms with Crippen molar-refractivity contribution in [1.29, 1.82) is 0 Å². The Morgan fingerprint density at radius 2 is 1.63 bits per heavy atom. The van der Waals surface area contributed by atoms with Crippen LogP contribution in [0.25, 0.3) is 0 Å². The van der Waals surface area contributed by atoms with Crippen molar-refractivity contribution in [3.05, 3.63) is 30.1 Å². The van der Waals surface area contributed by atoms with Gasteiger partial charge in [0, 0.05) is 38.1 Å². The zero-order valence-electron chi connectivity index (χ0n) is 16.4. The molecule has 0 bridgehead atoms. The highest BCUT2D eigenvalue weighted by molar-refractivity contribution is 5.85. The van der Waals surface area contributed by atoms with E-state index in [1.165, 1.54) is 89.8 Å².